The van der Waals surface area contributed by atoms with Crippen LogP contribution in [0, 0.1) is 0 Å². The number of carbonyl (C=O) groups excluding carboxylic acids is 1. The first-order valence-corrected chi connectivity index (χ1v) is 9.22. The van der Waals surface area contributed by atoms with Crippen molar-refractivity contribution < 1.29 is 9.53 Å². The number of hydrogen-bond donors (Lipinski definition) is 1. The average molecular weight is 345 g/mol. The molecule has 1 N–H and O–H groups in total. The van der Waals surface area contributed by atoms with Gasteiger partial charge in [-0.2, -0.15) is 11.3 Å². The summed E-state index contributed by atoms with van der Waals surface area (Å²) in [5.74, 6) is 0.942. The topological polar surface area (TPSA) is 54.5 Å². The zero-order chi connectivity index (χ0) is 16.9. The van der Waals surface area contributed by atoms with E-state index in [2.05, 4.69) is 40.5 Å². The van der Waals surface area contributed by atoms with Gasteiger partial charge in [0.15, 0.2) is 0 Å². The normalized spacial score (nSPS) is 20.8. The summed E-state index contributed by atoms with van der Waals surface area (Å²) >= 11 is 1.66. The van der Waals surface area contributed by atoms with E-state index in [9.17, 15) is 4.79 Å². The summed E-state index contributed by atoms with van der Waals surface area (Å²) in [5, 5.41) is 7.02. The molecule has 0 aliphatic carbocycles. The van der Waals surface area contributed by atoms with Gasteiger partial charge in [-0.1, -0.05) is 0 Å². The first-order chi connectivity index (χ1) is 11.6. The highest BCUT2D eigenvalue weighted by Gasteiger charge is 2.23. The number of amides is 1. The third-order valence-corrected chi connectivity index (χ3v) is 4.73. The van der Waals surface area contributed by atoms with Crippen molar-refractivity contribution in [3.8, 4) is 0 Å². The van der Waals surface area contributed by atoms with Gasteiger partial charge in [0.05, 0.1) is 24.1 Å². The van der Waals surface area contributed by atoms with E-state index in [0.717, 1.165) is 31.0 Å². The zero-order valence-electron chi connectivity index (χ0n) is 14.1. The smallest absolute Gasteiger partial charge is 0.224 e. The van der Waals surface area contributed by atoms with Crippen LogP contribution in [-0.4, -0.2) is 36.2 Å². The van der Waals surface area contributed by atoms with E-state index in [-0.39, 0.29) is 18.1 Å². The van der Waals surface area contributed by atoms with Gasteiger partial charge in [0.1, 0.15) is 5.82 Å². The van der Waals surface area contributed by atoms with E-state index in [1.807, 2.05) is 17.5 Å². The summed E-state index contributed by atoms with van der Waals surface area (Å²) < 4.78 is 5.75. The van der Waals surface area contributed by atoms with Crippen LogP contribution >= 0.6 is 11.3 Å². The Morgan fingerprint density at radius 2 is 2.12 bits per heavy atom. The minimum absolute atomic E-state index is 0.0179. The second kappa shape index (κ2) is 7.77. The molecule has 2 aromatic rings. The maximum atomic E-state index is 12.0. The molecule has 2 atom stereocenters. The van der Waals surface area contributed by atoms with Gasteiger partial charge >= 0.3 is 0 Å². The fourth-order valence-electron chi connectivity index (χ4n) is 2.93. The highest BCUT2D eigenvalue weighted by molar-refractivity contribution is 7.07. The van der Waals surface area contributed by atoms with Crippen molar-refractivity contribution in [1.82, 2.24) is 4.98 Å². The summed E-state index contributed by atoms with van der Waals surface area (Å²) in [7, 11) is 0. The molecule has 0 bridgehead atoms. The van der Waals surface area contributed by atoms with Crippen LogP contribution in [0.15, 0.2) is 35.2 Å². The van der Waals surface area contributed by atoms with Crippen LogP contribution in [0.3, 0.4) is 0 Å². The van der Waals surface area contributed by atoms with Crippen LogP contribution in [0.2, 0.25) is 0 Å². The maximum Gasteiger partial charge on any atom is 0.224 e. The number of anilines is 2. The van der Waals surface area contributed by atoms with Gasteiger partial charge in [-0.05, 0) is 54.8 Å². The first kappa shape index (κ1) is 16.9. The van der Waals surface area contributed by atoms with E-state index >= 15 is 0 Å². The van der Waals surface area contributed by atoms with Crippen LogP contribution in [-0.2, 0) is 16.0 Å². The first-order valence-electron chi connectivity index (χ1n) is 8.27. The minimum Gasteiger partial charge on any atom is -0.372 e. The van der Waals surface area contributed by atoms with Crippen LogP contribution in [0.4, 0.5) is 11.5 Å². The third-order valence-electron chi connectivity index (χ3n) is 4.00. The number of carbonyl (C=O) groups is 1. The molecule has 0 unspecified atom stereocenters. The summed E-state index contributed by atoms with van der Waals surface area (Å²) in [6.07, 6.45) is 3.38. The molecule has 24 heavy (non-hydrogen) atoms. The number of nitrogens with one attached hydrogen (secondary N) is 1. The Balaban J connectivity index is 1.53. The molecule has 6 heteroatoms. The highest BCUT2D eigenvalue weighted by Crippen LogP contribution is 2.20. The molecule has 3 rings (SSSR count). The summed E-state index contributed by atoms with van der Waals surface area (Å²) in [5.41, 5.74) is 1.95. The molecular formula is C18H23N3O2S. The number of thiophene rings is 1. The molecule has 1 fully saturated rings. The number of ether oxygens (including phenoxy) is 1. The van der Waals surface area contributed by atoms with Crippen molar-refractivity contribution in [2.75, 3.05) is 23.3 Å². The number of hydrogen-bond acceptors (Lipinski definition) is 5. The third kappa shape index (κ3) is 4.55. The standard InChI is InChI=1S/C18H23N3O2S/c1-13-10-21(11-14(2)23-13)17-5-4-16(9-19-17)20-18(22)6-3-15-7-8-24-12-15/h4-5,7-9,12-14H,3,6,10-11H2,1-2H3,(H,20,22)/t13-,14+. The predicted molar refractivity (Wildman–Crippen MR) is 97.7 cm³/mol. The Bertz CT molecular complexity index is 647. The molecule has 5 nitrogen and oxygen atoms in total. The quantitative estimate of drug-likeness (QED) is 0.903. The van der Waals surface area contributed by atoms with Crippen LogP contribution in [0.25, 0.3) is 0 Å². The number of nitrogens with zero attached hydrogens (tertiary/aromatic N) is 2. The van der Waals surface area contributed by atoms with Gasteiger partial charge in [0.25, 0.3) is 0 Å². The van der Waals surface area contributed by atoms with Crippen molar-refractivity contribution in [3.63, 3.8) is 0 Å². The second-order valence-electron chi connectivity index (χ2n) is 6.25. The largest absolute Gasteiger partial charge is 0.372 e. The molecule has 1 saturated heterocycles. The second-order valence-corrected chi connectivity index (χ2v) is 7.03. The van der Waals surface area contributed by atoms with E-state index in [1.165, 1.54) is 5.56 Å². The van der Waals surface area contributed by atoms with Gasteiger partial charge in [0, 0.05) is 19.5 Å². The molecule has 1 amide bonds. The minimum atomic E-state index is 0.0179. The molecule has 3 heterocycles. The van der Waals surface area contributed by atoms with Crippen molar-refractivity contribution in [1.29, 1.82) is 0 Å². The van der Waals surface area contributed by atoms with Gasteiger partial charge in [0.2, 0.25) is 5.91 Å². The highest BCUT2D eigenvalue weighted by atomic mass is 32.1. The number of rotatable bonds is 5. The monoisotopic (exact) mass is 345 g/mol. The lowest BCUT2D eigenvalue weighted by molar-refractivity contribution is -0.116. The van der Waals surface area contributed by atoms with E-state index < -0.39 is 0 Å². The molecular weight excluding hydrogens is 322 g/mol. The summed E-state index contributed by atoms with van der Waals surface area (Å²) in [6.45, 7) is 5.82. The average Bonchev–Trinajstić information content (AvgIpc) is 3.06. The molecule has 0 saturated carbocycles. The molecule has 2 aromatic heterocycles. The summed E-state index contributed by atoms with van der Waals surface area (Å²) in [4.78, 5) is 18.7. The van der Waals surface area contributed by atoms with E-state index in [1.54, 1.807) is 17.5 Å². The lowest BCUT2D eigenvalue weighted by Gasteiger charge is -2.36. The number of aryl methyl sites for hydroxylation is 1. The Labute approximate surface area is 146 Å². The fraction of sp³-hybridized carbons (Fsp3) is 0.444. The van der Waals surface area contributed by atoms with Gasteiger partial charge in [-0.3, -0.25) is 4.79 Å². The molecule has 1 aliphatic heterocycles. The maximum absolute atomic E-state index is 12.0. The molecule has 128 valence electrons. The van der Waals surface area contributed by atoms with Crippen molar-refractivity contribution in [3.05, 3.63) is 40.7 Å². The number of morpholine rings is 1. The van der Waals surface area contributed by atoms with Gasteiger partial charge < -0.3 is 15.0 Å². The Morgan fingerprint density at radius 1 is 1.33 bits per heavy atom. The molecule has 0 spiro atoms. The lowest BCUT2D eigenvalue weighted by Crippen LogP contribution is -2.45. The Morgan fingerprint density at radius 3 is 2.75 bits per heavy atom. The number of aromatic nitrogens is 1. The van der Waals surface area contributed by atoms with Gasteiger partial charge in [-0.15, -0.1) is 0 Å². The lowest BCUT2D eigenvalue weighted by atomic mass is 10.2. The Kier molecular flexibility index (Phi) is 5.48. The Hall–Kier alpha value is -1.92. The SMILES string of the molecule is C[C@@H]1CN(c2ccc(NC(=O)CCc3ccsc3)cn2)C[C@H](C)O1. The van der Waals surface area contributed by atoms with Crippen LogP contribution in [0.1, 0.15) is 25.8 Å². The summed E-state index contributed by atoms with van der Waals surface area (Å²) in [6, 6.07) is 5.92. The predicted octanol–water partition coefficient (Wildman–Crippen LogP) is 3.33. The molecule has 1 aliphatic rings. The molecule has 0 aromatic carbocycles. The zero-order valence-corrected chi connectivity index (χ0v) is 14.9. The number of pyridine rings is 1. The van der Waals surface area contributed by atoms with E-state index in [0.29, 0.717) is 6.42 Å². The molecule has 0 radical (unpaired) electrons. The fourth-order valence-corrected chi connectivity index (χ4v) is 3.63. The van der Waals surface area contributed by atoms with Crippen LogP contribution in [0.5, 0.6) is 0 Å². The van der Waals surface area contributed by atoms with Crippen LogP contribution < -0.4 is 10.2 Å². The van der Waals surface area contributed by atoms with Gasteiger partial charge in [-0.25, -0.2) is 4.98 Å². The van der Waals surface area contributed by atoms with Crippen molar-refractivity contribution >= 4 is 28.7 Å². The van der Waals surface area contributed by atoms with Crippen molar-refractivity contribution in [2.45, 2.75) is 38.9 Å². The van der Waals surface area contributed by atoms with Crippen molar-refractivity contribution in [2.24, 2.45) is 0 Å². The van der Waals surface area contributed by atoms with E-state index in [4.69, 9.17) is 4.74 Å².